The topological polar surface area (TPSA) is 65.0 Å². The van der Waals surface area contributed by atoms with Gasteiger partial charge in [-0.2, -0.15) is 0 Å². The van der Waals surface area contributed by atoms with Gasteiger partial charge >= 0.3 is 13.1 Å². The standard InChI is InChI=1S/C15H21BO5/c1-14(2)15(3,4)21-16(20-14)11-8-6-10(7-9-11)12(17)13(18)19-5/h6-9,12,17H,1-5H3. The maximum atomic E-state index is 11.3. The smallest absolute Gasteiger partial charge is 0.467 e. The molecule has 0 saturated carbocycles. The first-order chi connectivity index (χ1) is 9.68. The minimum Gasteiger partial charge on any atom is -0.467 e. The number of aliphatic hydroxyl groups excluding tert-OH is 1. The average Bonchev–Trinajstić information content (AvgIpc) is 2.66. The summed E-state index contributed by atoms with van der Waals surface area (Å²) in [5.74, 6) is -0.682. The summed E-state index contributed by atoms with van der Waals surface area (Å²) >= 11 is 0. The molecule has 1 N–H and O–H groups in total. The van der Waals surface area contributed by atoms with Crippen molar-refractivity contribution in [3.8, 4) is 0 Å². The molecule has 1 heterocycles. The monoisotopic (exact) mass is 292 g/mol. The number of methoxy groups -OCH3 is 1. The number of aliphatic hydroxyl groups is 1. The Kier molecular flexibility index (Phi) is 4.15. The molecule has 5 nitrogen and oxygen atoms in total. The SMILES string of the molecule is COC(=O)C(O)c1ccc(B2OC(C)(C)C(C)(C)O2)cc1. The number of esters is 1. The van der Waals surface area contributed by atoms with Crippen molar-refractivity contribution in [2.75, 3.05) is 7.11 Å². The van der Waals surface area contributed by atoms with Gasteiger partial charge in [-0.05, 0) is 38.7 Å². The second-order valence-electron chi connectivity index (χ2n) is 6.18. The first-order valence-electron chi connectivity index (χ1n) is 6.89. The molecule has 1 aliphatic rings. The molecule has 0 amide bonds. The average molecular weight is 292 g/mol. The van der Waals surface area contributed by atoms with Crippen LogP contribution in [-0.4, -0.2) is 36.5 Å². The normalized spacial score (nSPS) is 21.1. The Morgan fingerprint density at radius 1 is 1.14 bits per heavy atom. The van der Waals surface area contributed by atoms with Gasteiger partial charge in [0.1, 0.15) is 0 Å². The van der Waals surface area contributed by atoms with Crippen molar-refractivity contribution in [1.29, 1.82) is 0 Å². The Hall–Kier alpha value is -1.37. The van der Waals surface area contributed by atoms with Gasteiger partial charge in [0.15, 0.2) is 6.10 Å². The minimum absolute atomic E-state index is 0.401. The van der Waals surface area contributed by atoms with Gasteiger partial charge in [0.05, 0.1) is 18.3 Å². The van der Waals surface area contributed by atoms with Gasteiger partial charge in [-0.1, -0.05) is 24.3 Å². The molecule has 1 aromatic rings. The van der Waals surface area contributed by atoms with Crippen molar-refractivity contribution in [2.24, 2.45) is 0 Å². The summed E-state index contributed by atoms with van der Waals surface area (Å²) in [5, 5.41) is 9.77. The second kappa shape index (κ2) is 5.44. The third-order valence-corrected chi connectivity index (χ3v) is 4.20. The van der Waals surface area contributed by atoms with Crippen molar-refractivity contribution in [2.45, 2.75) is 45.0 Å². The molecule has 21 heavy (non-hydrogen) atoms. The molecule has 0 spiro atoms. The van der Waals surface area contributed by atoms with Crippen LogP contribution in [0.4, 0.5) is 0 Å². The summed E-state index contributed by atoms with van der Waals surface area (Å²) in [4.78, 5) is 11.3. The molecule has 0 bridgehead atoms. The highest BCUT2D eigenvalue weighted by Gasteiger charge is 2.51. The van der Waals surface area contributed by atoms with E-state index < -0.39 is 30.4 Å². The zero-order valence-electron chi connectivity index (χ0n) is 13.0. The first kappa shape index (κ1) is 16.0. The Labute approximate surface area is 125 Å². The lowest BCUT2D eigenvalue weighted by atomic mass is 9.78. The van der Waals surface area contributed by atoms with E-state index in [0.717, 1.165) is 5.46 Å². The Bertz CT molecular complexity index is 507. The lowest BCUT2D eigenvalue weighted by molar-refractivity contribution is -0.150. The van der Waals surface area contributed by atoms with E-state index in [1.54, 1.807) is 24.3 Å². The molecule has 1 saturated heterocycles. The zero-order chi connectivity index (χ0) is 15.8. The van der Waals surface area contributed by atoms with Gasteiger partial charge in [0.25, 0.3) is 0 Å². The first-order valence-corrected chi connectivity index (χ1v) is 6.89. The molecular formula is C15H21BO5. The lowest BCUT2D eigenvalue weighted by Crippen LogP contribution is -2.41. The summed E-state index contributed by atoms with van der Waals surface area (Å²) in [6, 6.07) is 6.90. The number of carbonyl (C=O) groups excluding carboxylic acids is 1. The van der Waals surface area contributed by atoms with E-state index >= 15 is 0 Å². The van der Waals surface area contributed by atoms with Gasteiger partial charge in [-0.15, -0.1) is 0 Å². The van der Waals surface area contributed by atoms with Crippen LogP contribution in [0, 0.1) is 0 Å². The van der Waals surface area contributed by atoms with Crippen LogP contribution < -0.4 is 5.46 Å². The summed E-state index contributed by atoms with van der Waals surface area (Å²) in [7, 11) is 0.781. The largest absolute Gasteiger partial charge is 0.494 e. The molecule has 0 aliphatic carbocycles. The van der Waals surface area contributed by atoms with Crippen LogP contribution in [0.2, 0.25) is 0 Å². The van der Waals surface area contributed by atoms with E-state index in [-0.39, 0.29) is 0 Å². The van der Waals surface area contributed by atoms with Crippen molar-refractivity contribution >= 4 is 18.6 Å². The molecule has 0 aromatic heterocycles. The fourth-order valence-electron chi connectivity index (χ4n) is 2.06. The summed E-state index contributed by atoms with van der Waals surface area (Å²) in [6.07, 6.45) is -1.28. The highest BCUT2D eigenvalue weighted by atomic mass is 16.7. The van der Waals surface area contributed by atoms with Gasteiger partial charge in [-0.3, -0.25) is 0 Å². The van der Waals surface area contributed by atoms with E-state index in [4.69, 9.17) is 9.31 Å². The van der Waals surface area contributed by atoms with E-state index in [0.29, 0.717) is 5.56 Å². The van der Waals surface area contributed by atoms with E-state index in [1.165, 1.54) is 7.11 Å². The molecule has 114 valence electrons. The van der Waals surface area contributed by atoms with Crippen molar-refractivity contribution < 1.29 is 23.9 Å². The molecular weight excluding hydrogens is 271 g/mol. The Morgan fingerprint density at radius 2 is 1.62 bits per heavy atom. The summed E-state index contributed by atoms with van der Waals surface area (Å²) in [6.45, 7) is 7.95. The number of hydrogen-bond acceptors (Lipinski definition) is 5. The number of ether oxygens (including phenoxy) is 1. The molecule has 1 aliphatic heterocycles. The molecule has 1 aromatic carbocycles. The number of carbonyl (C=O) groups is 1. The van der Waals surface area contributed by atoms with Crippen LogP contribution in [0.3, 0.4) is 0 Å². The molecule has 1 fully saturated rings. The quantitative estimate of drug-likeness (QED) is 0.669. The number of rotatable bonds is 3. The Balaban J connectivity index is 2.16. The predicted molar refractivity (Wildman–Crippen MR) is 79.1 cm³/mol. The summed E-state index contributed by atoms with van der Waals surface area (Å²) < 4.78 is 16.4. The highest BCUT2D eigenvalue weighted by Crippen LogP contribution is 2.36. The van der Waals surface area contributed by atoms with E-state index in [1.807, 2.05) is 27.7 Å². The maximum Gasteiger partial charge on any atom is 0.494 e. The zero-order valence-corrected chi connectivity index (χ0v) is 13.0. The van der Waals surface area contributed by atoms with Gasteiger partial charge < -0.3 is 19.2 Å². The van der Waals surface area contributed by atoms with Gasteiger partial charge in [0, 0.05) is 0 Å². The Morgan fingerprint density at radius 3 is 2.05 bits per heavy atom. The maximum absolute atomic E-state index is 11.3. The molecule has 1 atom stereocenters. The van der Waals surface area contributed by atoms with Crippen LogP contribution in [0.15, 0.2) is 24.3 Å². The van der Waals surface area contributed by atoms with E-state index in [2.05, 4.69) is 4.74 Å². The molecule has 6 heteroatoms. The van der Waals surface area contributed by atoms with Crippen LogP contribution in [0.1, 0.15) is 39.4 Å². The van der Waals surface area contributed by atoms with Crippen LogP contribution in [-0.2, 0) is 18.8 Å². The highest BCUT2D eigenvalue weighted by molar-refractivity contribution is 6.62. The third kappa shape index (κ3) is 2.97. The van der Waals surface area contributed by atoms with Gasteiger partial charge in [0.2, 0.25) is 0 Å². The lowest BCUT2D eigenvalue weighted by Gasteiger charge is -2.32. The van der Waals surface area contributed by atoms with Crippen LogP contribution >= 0.6 is 0 Å². The predicted octanol–water partition coefficient (Wildman–Crippen LogP) is 1.19. The van der Waals surface area contributed by atoms with Crippen molar-refractivity contribution in [3.05, 3.63) is 29.8 Å². The fourth-order valence-corrected chi connectivity index (χ4v) is 2.06. The van der Waals surface area contributed by atoms with E-state index in [9.17, 15) is 9.90 Å². The van der Waals surface area contributed by atoms with Crippen LogP contribution in [0.25, 0.3) is 0 Å². The third-order valence-electron chi connectivity index (χ3n) is 4.20. The van der Waals surface area contributed by atoms with Crippen molar-refractivity contribution in [3.63, 3.8) is 0 Å². The molecule has 1 unspecified atom stereocenters. The number of benzene rings is 1. The number of hydrogen-bond donors (Lipinski definition) is 1. The molecule has 2 rings (SSSR count). The van der Waals surface area contributed by atoms with Crippen molar-refractivity contribution in [1.82, 2.24) is 0 Å². The summed E-state index contributed by atoms with van der Waals surface area (Å²) in [5.41, 5.74) is 0.514. The van der Waals surface area contributed by atoms with Crippen LogP contribution in [0.5, 0.6) is 0 Å². The molecule has 0 radical (unpaired) electrons. The fraction of sp³-hybridized carbons (Fsp3) is 0.533. The second-order valence-corrected chi connectivity index (χ2v) is 6.18. The minimum atomic E-state index is -1.28. The van der Waals surface area contributed by atoms with Gasteiger partial charge in [-0.25, -0.2) is 4.79 Å².